The molecule has 0 bridgehead atoms. The fourth-order valence-electron chi connectivity index (χ4n) is 3.70. The van der Waals surface area contributed by atoms with Gasteiger partial charge in [-0.15, -0.1) is 0 Å². The van der Waals surface area contributed by atoms with Crippen LogP contribution < -0.4 is 10.6 Å². The minimum absolute atomic E-state index is 0.00915. The molecule has 1 aliphatic carbocycles. The first-order valence-corrected chi connectivity index (χ1v) is 9.13. The van der Waals surface area contributed by atoms with Crippen LogP contribution in [-0.2, 0) is 11.2 Å². The van der Waals surface area contributed by atoms with Gasteiger partial charge in [0, 0.05) is 19.1 Å². The molecule has 5 heteroatoms. The molecule has 3 rings (SSSR count). The van der Waals surface area contributed by atoms with Crippen LogP contribution in [0.5, 0.6) is 0 Å². The number of carbonyl (C=O) groups excluding carboxylic acids is 2. The molecule has 1 aromatic rings. The van der Waals surface area contributed by atoms with Gasteiger partial charge in [0.25, 0.3) is 0 Å². The molecule has 0 spiro atoms. The number of benzene rings is 1. The maximum atomic E-state index is 12.8. The Bertz CT molecular complexity index is 555. The first kappa shape index (κ1) is 16.8. The summed E-state index contributed by atoms with van der Waals surface area (Å²) in [5.74, 6) is 0.00915. The predicted molar refractivity (Wildman–Crippen MR) is 93.7 cm³/mol. The zero-order valence-corrected chi connectivity index (χ0v) is 14.2. The number of carbonyl (C=O) groups is 2. The van der Waals surface area contributed by atoms with E-state index in [9.17, 15) is 9.59 Å². The summed E-state index contributed by atoms with van der Waals surface area (Å²) in [6.07, 6.45) is 7.21. The lowest BCUT2D eigenvalue weighted by molar-refractivity contribution is -0.126. The van der Waals surface area contributed by atoms with Crippen LogP contribution in [0.4, 0.5) is 4.79 Å². The Morgan fingerprint density at radius 3 is 2.62 bits per heavy atom. The number of hydrogen-bond acceptors (Lipinski definition) is 2. The molecule has 24 heavy (non-hydrogen) atoms. The van der Waals surface area contributed by atoms with E-state index in [0.29, 0.717) is 19.5 Å². The molecule has 1 saturated heterocycles. The van der Waals surface area contributed by atoms with Gasteiger partial charge in [-0.05, 0) is 31.2 Å². The normalized spacial score (nSPS) is 19.8. The van der Waals surface area contributed by atoms with Crippen molar-refractivity contribution in [1.82, 2.24) is 15.5 Å². The molecule has 3 amide bonds. The van der Waals surface area contributed by atoms with Gasteiger partial charge in [0.2, 0.25) is 5.91 Å². The summed E-state index contributed by atoms with van der Waals surface area (Å²) in [7, 11) is 0. The van der Waals surface area contributed by atoms with Crippen molar-refractivity contribution in [3.05, 3.63) is 35.9 Å². The van der Waals surface area contributed by atoms with Gasteiger partial charge in [-0.25, -0.2) is 4.79 Å². The SMILES string of the molecule is O=C(NC1CCCCC1)C(CCc1ccccc1)N1CCNC1=O. The highest BCUT2D eigenvalue weighted by atomic mass is 16.2. The number of amides is 3. The second-order valence-electron chi connectivity index (χ2n) is 6.81. The van der Waals surface area contributed by atoms with Gasteiger partial charge in [0.05, 0.1) is 0 Å². The molecule has 0 aromatic heterocycles. The van der Waals surface area contributed by atoms with Crippen LogP contribution >= 0.6 is 0 Å². The summed E-state index contributed by atoms with van der Waals surface area (Å²) in [6.45, 7) is 1.23. The second-order valence-corrected chi connectivity index (χ2v) is 6.81. The molecule has 5 nitrogen and oxygen atoms in total. The van der Waals surface area contributed by atoms with Crippen LogP contribution in [0.3, 0.4) is 0 Å². The van der Waals surface area contributed by atoms with Crippen molar-refractivity contribution in [3.63, 3.8) is 0 Å². The van der Waals surface area contributed by atoms with Crippen LogP contribution in [0.2, 0.25) is 0 Å². The number of nitrogens with zero attached hydrogens (tertiary/aromatic N) is 1. The zero-order valence-electron chi connectivity index (χ0n) is 14.2. The quantitative estimate of drug-likeness (QED) is 0.842. The van der Waals surface area contributed by atoms with E-state index < -0.39 is 0 Å². The van der Waals surface area contributed by atoms with E-state index in [0.717, 1.165) is 19.3 Å². The van der Waals surface area contributed by atoms with Crippen molar-refractivity contribution < 1.29 is 9.59 Å². The van der Waals surface area contributed by atoms with E-state index in [1.54, 1.807) is 4.90 Å². The van der Waals surface area contributed by atoms with Crippen LogP contribution in [0, 0.1) is 0 Å². The Balaban J connectivity index is 1.64. The minimum Gasteiger partial charge on any atom is -0.352 e. The molecule has 1 heterocycles. The van der Waals surface area contributed by atoms with E-state index in [-0.39, 0.29) is 24.0 Å². The third-order valence-electron chi connectivity index (χ3n) is 5.07. The number of urea groups is 1. The third-order valence-corrected chi connectivity index (χ3v) is 5.07. The standard InChI is InChI=1S/C19H27N3O2/c23-18(21-16-9-5-2-6-10-16)17(22-14-13-20-19(22)24)12-11-15-7-3-1-4-8-15/h1,3-4,7-8,16-17H,2,5-6,9-14H2,(H,20,24)(H,21,23). The maximum absolute atomic E-state index is 12.8. The molecule has 130 valence electrons. The number of aryl methyl sites for hydroxylation is 1. The lowest BCUT2D eigenvalue weighted by Gasteiger charge is -2.29. The summed E-state index contributed by atoms with van der Waals surface area (Å²) < 4.78 is 0. The van der Waals surface area contributed by atoms with Crippen LogP contribution in [0.1, 0.15) is 44.1 Å². The highest BCUT2D eigenvalue weighted by Gasteiger charge is 2.33. The average Bonchev–Trinajstić information content (AvgIpc) is 3.03. The predicted octanol–water partition coefficient (Wildman–Crippen LogP) is 2.46. The topological polar surface area (TPSA) is 61.4 Å². The Labute approximate surface area is 143 Å². The minimum atomic E-state index is -0.380. The highest BCUT2D eigenvalue weighted by Crippen LogP contribution is 2.19. The molecule has 1 atom stereocenters. The second kappa shape index (κ2) is 8.18. The monoisotopic (exact) mass is 329 g/mol. The number of nitrogens with one attached hydrogen (secondary N) is 2. The first-order valence-electron chi connectivity index (χ1n) is 9.13. The summed E-state index contributed by atoms with van der Waals surface area (Å²) in [5.41, 5.74) is 1.20. The molecule has 2 fully saturated rings. The van der Waals surface area contributed by atoms with E-state index in [1.807, 2.05) is 18.2 Å². The molecular weight excluding hydrogens is 302 g/mol. The van der Waals surface area contributed by atoms with Crippen molar-refractivity contribution in [3.8, 4) is 0 Å². The lowest BCUT2D eigenvalue weighted by atomic mass is 9.95. The third kappa shape index (κ3) is 4.28. The summed E-state index contributed by atoms with van der Waals surface area (Å²) in [5, 5.41) is 6.01. The molecule has 1 saturated carbocycles. The number of hydrogen-bond donors (Lipinski definition) is 2. The summed E-state index contributed by atoms with van der Waals surface area (Å²) in [6, 6.07) is 9.92. The molecular formula is C19H27N3O2. The van der Waals surface area contributed by atoms with E-state index in [4.69, 9.17) is 0 Å². The van der Waals surface area contributed by atoms with Crippen molar-refractivity contribution in [2.75, 3.05) is 13.1 Å². The smallest absolute Gasteiger partial charge is 0.318 e. The Morgan fingerprint density at radius 2 is 1.96 bits per heavy atom. The maximum Gasteiger partial charge on any atom is 0.318 e. The van der Waals surface area contributed by atoms with E-state index in [1.165, 1.54) is 24.8 Å². The molecule has 1 unspecified atom stereocenters. The van der Waals surface area contributed by atoms with E-state index >= 15 is 0 Å². The largest absolute Gasteiger partial charge is 0.352 e. The lowest BCUT2D eigenvalue weighted by Crippen LogP contribution is -2.51. The Morgan fingerprint density at radius 1 is 1.21 bits per heavy atom. The van der Waals surface area contributed by atoms with Gasteiger partial charge in [0.1, 0.15) is 6.04 Å². The van der Waals surface area contributed by atoms with Crippen molar-refractivity contribution in [1.29, 1.82) is 0 Å². The van der Waals surface area contributed by atoms with Gasteiger partial charge in [0.15, 0.2) is 0 Å². The molecule has 1 aromatic carbocycles. The van der Waals surface area contributed by atoms with Crippen LogP contribution in [-0.4, -0.2) is 42.0 Å². The van der Waals surface area contributed by atoms with Crippen molar-refractivity contribution in [2.24, 2.45) is 0 Å². The van der Waals surface area contributed by atoms with Crippen molar-refractivity contribution >= 4 is 11.9 Å². The highest BCUT2D eigenvalue weighted by molar-refractivity contribution is 5.88. The van der Waals surface area contributed by atoms with Gasteiger partial charge in [-0.1, -0.05) is 49.6 Å². The van der Waals surface area contributed by atoms with E-state index in [2.05, 4.69) is 22.8 Å². The fourth-order valence-corrected chi connectivity index (χ4v) is 3.70. The fraction of sp³-hybridized carbons (Fsp3) is 0.579. The van der Waals surface area contributed by atoms with Gasteiger partial charge < -0.3 is 15.5 Å². The van der Waals surface area contributed by atoms with Gasteiger partial charge in [-0.3, -0.25) is 4.79 Å². The van der Waals surface area contributed by atoms with Crippen molar-refractivity contribution in [2.45, 2.75) is 57.0 Å². The van der Waals surface area contributed by atoms with Gasteiger partial charge in [-0.2, -0.15) is 0 Å². The zero-order chi connectivity index (χ0) is 16.8. The molecule has 2 aliphatic rings. The average molecular weight is 329 g/mol. The summed E-state index contributed by atoms with van der Waals surface area (Å²) in [4.78, 5) is 26.6. The van der Waals surface area contributed by atoms with Gasteiger partial charge >= 0.3 is 6.03 Å². The summed E-state index contributed by atoms with van der Waals surface area (Å²) >= 11 is 0. The molecule has 1 aliphatic heterocycles. The Kier molecular flexibility index (Phi) is 5.72. The molecule has 2 N–H and O–H groups in total. The van der Waals surface area contributed by atoms with Crippen LogP contribution in [0.25, 0.3) is 0 Å². The first-order chi connectivity index (χ1) is 11.7. The van der Waals surface area contributed by atoms with Crippen LogP contribution in [0.15, 0.2) is 30.3 Å². The molecule has 0 radical (unpaired) electrons. The number of rotatable bonds is 6. The Hall–Kier alpha value is -2.04.